The van der Waals surface area contributed by atoms with E-state index in [1.807, 2.05) is 18.2 Å². The van der Waals surface area contributed by atoms with Crippen LogP contribution < -0.4 is 10.5 Å². The Morgan fingerprint density at radius 1 is 1.12 bits per heavy atom. The van der Waals surface area contributed by atoms with Crippen molar-refractivity contribution in [2.75, 3.05) is 0 Å². The zero-order valence-electron chi connectivity index (χ0n) is 8.84. The van der Waals surface area contributed by atoms with Crippen LogP contribution in [0.25, 0.3) is 0 Å². The van der Waals surface area contributed by atoms with Gasteiger partial charge in [0.05, 0.1) is 0 Å². The molecule has 0 fully saturated rings. The van der Waals surface area contributed by atoms with E-state index < -0.39 is 0 Å². The summed E-state index contributed by atoms with van der Waals surface area (Å²) in [5.41, 5.74) is 7.53. The van der Waals surface area contributed by atoms with Gasteiger partial charge in [0.25, 0.3) is 0 Å². The van der Waals surface area contributed by atoms with Gasteiger partial charge in [-0.15, -0.1) is 0 Å². The summed E-state index contributed by atoms with van der Waals surface area (Å²) in [6.07, 6.45) is 6.93. The smallest absolute Gasteiger partial charge is 0.127 e. The molecule has 82 valence electrons. The molecular formula is C12H13N3O. The number of hydrogen-bond donors (Lipinski definition) is 1. The van der Waals surface area contributed by atoms with Crippen LogP contribution >= 0.6 is 0 Å². The van der Waals surface area contributed by atoms with E-state index >= 15 is 0 Å². The van der Waals surface area contributed by atoms with E-state index in [1.54, 1.807) is 24.8 Å². The Morgan fingerprint density at radius 2 is 2.00 bits per heavy atom. The Hall–Kier alpha value is -1.94. The molecule has 2 aromatic heterocycles. The Balaban J connectivity index is 2.05. The first-order valence-electron chi connectivity index (χ1n) is 5.05. The van der Waals surface area contributed by atoms with Gasteiger partial charge in [0.15, 0.2) is 0 Å². The van der Waals surface area contributed by atoms with Crippen LogP contribution in [0.2, 0.25) is 0 Å². The molecule has 16 heavy (non-hydrogen) atoms. The molecule has 2 N–H and O–H groups in total. The molecule has 0 aliphatic carbocycles. The molecule has 0 unspecified atom stereocenters. The van der Waals surface area contributed by atoms with E-state index in [4.69, 9.17) is 10.5 Å². The molecule has 2 heterocycles. The second-order valence-corrected chi connectivity index (χ2v) is 3.34. The first-order chi connectivity index (χ1) is 7.90. The third kappa shape index (κ3) is 2.55. The van der Waals surface area contributed by atoms with Crippen LogP contribution in [-0.2, 0) is 13.2 Å². The molecule has 4 nitrogen and oxygen atoms in total. The molecule has 0 amide bonds. The second kappa shape index (κ2) is 5.23. The van der Waals surface area contributed by atoms with Crippen LogP contribution in [0.1, 0.15) is 11.1 Å². The van der Waals surface area contributed by atoms with Gasteiger partial charge in [-0.3, -0.25) is 9.97 Å². The molecule has 0 saturated carbocycles. The van der Waals surface area contributed by atoms with E-state index in [0.29, 0.717) is 13.2 Å². The van der Waals surface area contributed by atoms with E-state index in [1.165, 1.54) is 0 Å². The summed E-state index contributed by atoms with van der Waals surface area (Å²) >= 11 is 0. The summed E-state index contributed by atoms with van der Waals surface area (Å²) in [7, 11) is 0. The van der Waals surface area contributed by atoms with Crippen LogP contribution in [0.5, 0.6) is 5.75 Å². The van der Waals surface area contributed by atoms with Gasteiger partial charge in [0.1, 0.15) is 12.4 Å². The molecule has 0 aliphatic heterocycles. The lowest BCUT2D eigenvalue weighted by Gasteiger charge is -2.09. The highest BCUT2D eigenvalue weighted by molar-refractivity contribution is 5.30. The Bertz CT molecular complexity index is 445. The largest absolute Gasteiger partial charge is 0.488 e. The van der Waals surface area contributed by atoms with Crippen molar-refractivity contribution in [3.8, 4) is 5.75 Å². The van der Waals surface area contributed by atoms with Gasteiger partial charge in [0.2, 0.25) is 0 Å². The van der Waals surface area contributed by atoms with Crippen molar-refractivity contribution < 1.29 is 4.74 Å². The predicted molar refractivity (Wildman–Crippen MR) is 60.7 cm³/mol. The highest BCUT2D eigenvalue weighted by Crippen LogP contribution is 2.17. The van der Waals surface area contributed by atoms with Crippen molar-refractivity contribution >= 4 is 0 Å². The van der Waals surface area contributed by atoms with Gasteiger partial charge in [-0.05, 0) is 12.1 Å². The molecule has 4 heteroatoms. The normalized spacial score (nSPS) is 10.1. The summed E-state index contributed by atoms with van der Waals surface area (Å²) in [4.78, 5) is 8.02. The van der Waals surface area contributed by atoms with Crippen molar-refractivity contribution in [2.24, 2.45) is 5.73 Å². The number of aromatic nitrogens is 2. The Morgan fingerprint density at radius 3 is 2.75 bits per heavy atom. The molecule has 2 aromatic rings. The van der Waals surface area contributed by atoms with Gasteiger partial charge in [-0.2, -0.15) is 0 Å². The number of ether oxygens (including phenoxy) is 1. The zero-order chi connectivity index (χ0) is 11.2. The van der Waals surface area contributed by atoms with Gasteiger partial charge in [-0.1, -0.05) is 6.07 Å². The number of rotatable bonds is 4. The predicted octanol–water partition coefficient (Wildman–Crippen LogP) is 1.51. The van der Waals surface area contributed by atoms with Crippen molar-refractivity contribution in [3.05, 3.63) is 54.1 Å². The maximum atomic E-state index is 5.65. The molecular weight excluding hydrogens is 202 g/mol. The lowest BCUT2D eigenvalue weighted by atomic mass is 10.2. The minimum Gasteiger partial charge on any atom is -0.488 e. The number of hydrogen-bond acceptors (Lipinski definition) is 4. The topological polar surface area (TPSA) is 61.0 Å². The number of nitrogens with zero attached hydrogens (tertiary/aromatic N) is 2. The lowest BCUT2D eigenvalue weighted by molar-refractivity contribution is 0.302. The average molecular weight is 215 g/mol. The maximum absolute atomic E-state index is 5.65. The molecule has 0 bridgehead atoms. The van der Waals surface area contributed by atoms with Crippen molar-refractivity contribution in [1.29, 1.82) is 0 Å². The number of nitrogens with two attached hydrogens (primary N) is 1. The molecule has 0 aromatic carbocycles. The van der Waals surface area contributed by atoms with E-state index in [9.17, 15) is 0 Å². The van der Waals surface area contributed by atoms with Gasteiger partial charge in [0, 0.05) is 42.5 Å². The molecule has 0 aliphatic rings. The SMILES string of the molecule is NCc1cnccc1OCc1cccnc1. The average Bonchev–Trinajstić information content (AvgIpc) is 2.38. The monoisotopic (exact) mass is 215 g/mol. The molecule has 0 radical (unpaired) electrons. The van der Waals surface area contributed by atoms with E-state index in [-0.39, 0.29) is 0 Å². The first kappa shape index (κ1) is 10.6. The summed E-state index contributed by atoms with van der Waals surface area (Å²) in [5.74, 6) is 0.779. The standard InChI is InChI=1S/C12H13N3O/c13-6-11-8-15-5-3-12(11)16-9-10-2-1-4-14-7-10/h1-5,7-8H,6,9,13H2. The lowest BCUT2D eigenvalue weighted by Crippen LogP contribution is -2.03. The van der Waals surface area contributed by atoms with Crippen molar-refractivity contribution in [3.63, 3.8) is 0 Å². The van der Waals surface area contributed by atoms with E-state index in [2.05, 4.69) is 9.97 Å². The van der Waals surface area contributed by atoms with Crippen LogP contribution in [0, 0.1) is 0 Å². The Kier molecular flexibility index (Phi) is 3.46. The van der Waals surface area contributed by atoms with Gasteiger partial charge < -0.3 is 10.5 Å². The van der Waals surface area contributed by atoms with Crippen LogP contribution in [0.15, 0.2) is 43.0 Å². The third-order valence-electron chi connectivity index (χ3n) is 2.20. The fraction of sp³-hybridized carbons (Fsp3) is 0.167. The molecule has 2 rings (SSSR count). The maximum Gasteiger partial charge on any atom is 0.127 e. The van der Waals surface area contributed by atoms with Gasteiger partial charge in [-0.25, -0.2) is 0 Å². The zero-order valence-corrected chi connectivity index (χ0v) is 8.84. The second-order valence-electron chi connectivity index (χ2n) is 3.34. The minimum absolute atomic E-state index is 0.427. The number of pyridine rings is 2. The highest BCUT2D eigenvalue weighted by atomic mass is 16.5. The summed E-state index contributed by atoms with van der Waals surface area (Å²) in [6.45, 7) is 0.918. The van der Waals surface area contributed by atoms with Crippen LogP contribution in [0.4, 0.5) is 0 Å². The summed E-state index contributed by atoms with van der Waals surface area (Å²) in [5, 5.41) is 0. The summed E-state index contributed by atoms with van der Waals surface area (Å²) < 4.78 is 5.65. The molecule has 0 saturated heterocycles. The summed E-state index contributed by atoms with van der Waals surface area (Å²) in [6, 6.07) is 5.67. The Labute approximate surface area is 94.1 Å². The van der Waals surface area contributed by atoms with Gasteiger partial charge >= 0.3 is 0 Å². The fourth-order valence-corrected chi connectivity index (χ4v) is 1.35. The quantitative estimate of drug-likeness (QED) is 0.839. The van der Waals surface area contributed by atoms with Crippen molar-refractivity contribution in [2.45, 2.75) is 13.2 Å². The van der Waals surface area contributed by atoms with E-state index in [0.717, 1.165) is 16.9 Å². The first-order valence-corrected chi connectivity index (χ1v) is 5.05. The van der Waals surface area contributed by atoms with Crippen molar-refractivity contribution in [1.82, 2.24) is 9.97 Å². The fourth-order valence-electron chi connectivity index (χ4n) is 1.35. The molecule has 0 spiro atoms. The molecule has 0 atom stereocenters. The highest BCUT2D eigenvalue weighted by Gasteiger charge is 2.01. The van der Waals surface area contributed by atoms with Crippen LogP contribution in [0.3, 0.4) is 0 Å². The van der Waals surface area contributed by atoms with Crippen LogP contribution in [-0.4, -0.2) is 9.97 Å². The minimum atomic E-state index is 0.427. The third-order valence-corrected chi connectivity index (χ3v) is 2.20.